The Labute approximate surface area is 97.4 Å². The summed E-state index contributed by atoms with van der Waals surface area (Å²) in [5.74, 6) is 0.217. The van der Waals surface area contributed by atoms with E-state index in [1.165, 1.54) is 0 Å². The van der Waals surface area contributed by atoms with Crippen molar-refractivity contribution in [3.05, 3.63) is 0 Å². The molecule has 0 spiro atoms. The zero-order valence-corrected chi connectivity index (χ0v) is 9.82. The van der Waals surface area contributed by atoms with E-state index >= 15 is 0 Å². The topological polar surface area (TPSA) is 70.1 Å². The van der Waals surface area contributed by atoms with Crippen LogP contribution in [0.4, 0.5) is 0 Å². The van der Waals surface area contributed by atoms with Crippen molar-refractivity contribution in [2.45, 2.75) is 51.0 Å². The van der Waals surface area contributed by atoms with Gasteiger partial charge in [0, 0.05) is 19.0 Å². The molecule has 1 aliphatic carbocycles. The van der Waals surface area contributed by atoms with Crippen molar-refractivity contribution >= 4 is 5.91 Å². The molecule has 1 aliphatic rings. The number of hydrogen-bond acceptors (Lipinski definition) is 3. The smallest absolute Gasteiger partial charge is 0.222 e. The number of nitriles is 1. The average Bonchev–Trinajstić information content (AvgIpc) is 3.09. The summed E-state index contributed by atoms with van der Waals surface area (Å²) in [6.07, 6.45) is 6.23. The number of hydrogen-bond donors (Lipinski definition) is 1. The molecular weight excluding hydrogens is 202 g/mol. The summed E-state index contributed by atoms with van der Waals surface area (Å²) < 4.78 is 0. The van der Waals surface area contributed by atoms with Crippen LogP contribution in [0, 0.1) is 11.3 Å². The van der Waals surface area contributed by atoms with E-state index in [9.17, 15) is 4.79 Å². The Morgan fingerprint density at radius 2 is 2.12 bits per heavy atom. The standard InChI is InChI=1S/C12H21N3O/c13-8-3-1-2-5-12(16)15(10-4-9-14)11-6-7-11/h11H,1-8,10,13H2. The van der Waals surface area contributed by atoms with E-state index in [0.29, 0.717) is 32.0 Å². The molecule has 1 saturated carbocycles. The molecular formula is C12H21N3O. The highest BCUT2D eigenvalue weighted by atomic mass is 16.2. The lowest BCUT2D eigenvalue weighted by Crippen LogP contribution is -2.33. The fraction of sp³-hybridized carbons (Fsp3) is 0.833. The average molecular weight is 223 g/mol. The molecule has 2 N–H and O–H groups in total. The van der Waals surface area contributed by atoms with Gasteiger partial charge in [0.2, 0.25) is 5.91 Å². The van der Waals surface area contributed by atoms with Crippen LogP contribution in [0.25, 0.3) is 0 Å². The Balaban J connectivity index is 2.22. The van der Waals surface area contributed by atoms with E-state index in [1.807, 2.05) is 4.90 Å². The molecule has 1 rings (SSSR count). The van der Waals surface area contributed by atoms with Crippen LogP contribution in [0.15, 0.2) is 0 Å². The molecule has 0 aliphatic heterocycles. The molecule has 16 heavy (non-hydrogen) atoms. The summed E-state index contributed by atoms with van der Waals surface area (Å²) in [5.41, 5.74) is 5.40. The van der Waals surface area contributed by atoms with Crippen molar-refractivity contribution in [2.75, 3.05) is 13.1 Å². The van der Waals surface area contributed by atoms with Gasteiger partial charge in [0.1, 0.15) is 0 Å². The van der Waals surface area contributed by atoms with Crippen LogP contribution >= 0.6 is 0 Å². The van der Waals surface area contributed by atoms with Gasteiger partial charge in [-0.1, -0.05) is 6.42 Å². The summed E-state index contributed by atoms with van der Waals surface area (Å²) in [6, 6.07) is 2.53. The van der Waals surface area contributed by atoms with Gasteiger partial charge in [-0.15, -0.1) is 0 Å². The van der Waals surface area contributed by atoms with Gasteiger partial charge in [-0.05, 0) is 32.2 Å². The molecule has 0 bridgehead atoms. The van der Waals surface area contributed by atoms with Gasteiger partial charge in [0.15, 0.2) is 0 Å². The molecule has 0 unspecified atom stereocenters. The minimum atomic E-state index is 0.217. The molecule has 0 radical (unpaired) electrons. The second-order valence-corrected chi connectivity index (χ2v) is 4.33. The fourth-order valence-electron chi connectivity index (χ4n) is 1.81. The third kappa shape index (κ3) is 4.63. The van der Waals surface area contributed by atoms with Gasteiger partial charge in [-0.3, -0.25) is 4.79 Å². The number of nitrogens with two attached hydrogens (primary N) is 1. The Morgan fingerprint density at radius 1 is 1.38 bits per heavy atom. The largest absolute Gasteiger partial charge is 0.339 e. The van der Waals surface area contributed by atoms with Gasteiger partial charge in [0.25, 0.3) is 0 Å². The molecule has 0 aromatic carbocycles. The number of rotatable bonds is 8. The molecule has 4 nitrogen and oxygen atoms in total. The molecule has 4 heteroatoms. The van der Waals surface area contributed by atoms with E-state index in [2.05, 4.69) is 6.07 Å². The van der Waals surface area contributed by atoms with Gasteiger partial charge in [0.05, 0.1) is 12.5 Å². The molecule has 0 heterocycles. The van der Waals surface area contributed by atoms with E-state index < -0.39 is 0 Å². The van der Waals surface area contributed by atoms with Crippen LogP contribution < -0.4 is 5.73 Å². The first kappa shape index (κ1) is 13.0. The van der Waals surface area contributed by atoms with Crippen LogP contribution in [-0.2, 0) is 4.79 Å². The lowest BCUT2D eigenvalue weighted by atomic mass is 10.1. The third-order valence-corrected chi connectivity index (χ3v) is 2.87. The van der Waals surface area contributed by atoms with Crippen LogP contribution in [0.1, 0.15) is 44.9 Å². The minimum absolute atomic E-state index is 0.217. The monoisotopic (exact) mass is 223 g/mol. The highest BCUT2D eigenvalue weighted by Crippen LogP contribution is 2.27. The number of carbonyl (C=O) groups excluding carboxylic acids is 1. The molecule has 0 aromatic heterocycles. The lowest BCUT2D eigenvalue weighted by molar-refractivity contribution is -0.131. The van der Waals surface area contributed by atoms with E-state index in [4.69, 9.17) is 11.0 Å². The normalized spacial score (nSPS) is 14.5. The van der Waals surface area contributed by atoms with E-state index in [1.54, 1.807) is 0 Å². The number of carbonyl (C=O) groups is 1. The maximum absolute atomic E-state index is 11.9. The van der Waals surface area contributed by atoms with Crippen LogP contribution in [0.3, 0.4) is 0 Å². The quantitative estimate of drug-likeness (QED) is 0.632. The number of nitrogens with zero attached hydrogens (tertiary/aromatic N) is 2. The second-order valence-electron chi connectivity index (χ2n) is 4.33. The maximum Gasteiger partial charge on any atom is 0.222 e. The Bertz CT molecular complexity index is 255. The molecule has 90 valence electrons. The van der Waals surface area contributed by atoms with Crippen molar-refractivity contribution < 1.29 is 4.79 Å². The maximum atomic E-state index is 11.9. The molecule has 1 amide bonds. The molecule has 0 aromatic rings. The molecule has 0 saturated heterocycles. The van der Waals surface area contributed by atoms with E-state index in [-0.39, 0.29) is 5.91 Å². The van der Waals surface area contributed by atoms with E-state index in [0.717, 1.165) is 32.1 Å². The van der Waals surface area contributed by atoms with Crippen LogP contribution in [0.2, 0.25) is 0 Å². The van der Waals surface area contributed by atoms with Gasteiger partial charge in [-0.25, -0.2) is 0 Å². The number of amides is 1. The van der Waals surface area contributed by atoms with Gasteiger partial charge in [-0.2, -0.15) is 5.26 Å². The highest BCUT2D eigenvalue weighted by molar-refractivity contribution is 5.76. The summed E-state index contributed by atoms with van der Waals surface area (Å²) in [7, 11) is 0. The first-order valence-electron chi connectivity index (χ1n) is 6.16. The van der Waals surface area contributed by atoms with Crippen molar-refractivity contribution in [3.8, 4) is 6.07 Å². The highest BCUT2D eigenvalue weighted by Gasteiger charge is 2.31. The Kier molecular flexibility index (Phi) is 5.87. The summed E-state index contributed by atoms with van der Waals surface area (Å²) in [4.78, 5) is 13.8. The summed E-state index contributed by atoms with van der Waals surface area (Å²) in [6.45, 7) is 1.31. The second kappa shape index (κ2) is 7.24. The van der Waals surface area contributed by atoms with Gasteiger partial charge < -0.3 is 10.6 Å². The minimum Gasteiger partial charge on any atom is -0.339 e. The van der Waals surface area contributed by atoms with Crippen LogP contribution in [-0.4, -0.2) is 29.9 Å². The predicted octanol–water partition coefficient (Wildman–Crippen LogP) is 1.41. The fourth-order valence-corrected chi connectivity index (χ4v) is 1.81. The van der Waals surface area contributed by atoms with Gasteiger partial charge >= 0.3 is 0 Å². The zero-order chi connectivity index (χ0) is 11.8. The summed E-state index contributed by atoms with van der Waals surface area (Å²) >= 11 is 0. The zero-order valence-electron chi connectivity index (χ0n) is 9.82. The Morgan fingerprint density at radius 3 is 2.69 bits per heavy atom. The molecule has 0 atom stereocenters. The lowest BCUT2D eigenvalue weighted by Gasteiger charge is -2.21. The summed E-state index contributed by atoms with van der Waals surface area (Å²) in [5, 5.41) is 8.54. The third-order valence-electron chi connectivity index (χ3n) is 2.87. The number of unbranched alkanes of at least 4 members (excludes halogenated alkanes) is 2. The molecule has 1 fully saturated rings. The van der Waals surface area contributed by atoms with Crippen molar-refractivity contribution in [1.82, 2.24) is 4.90 Å². The van der Waals surface area contributed by atoms with Crippen molar-refractivity contribution in [1.29, 1.82) is 5.26 Å². The van der Waals surface area contributed by atoms with Crippen molar-refractivity contribution in [2.24, 2.45) is 5.73 Å². The first-order chi connectivity index (χ1) is 7.79. The van der Waals surface area contributed by atoms with Crippen molar-refractivity contribution in [3.63, 3.8) is 0 Å². The SMILES string of the molecule is N#CCCN(C(=O)CCCCCN)C1CC1. The van der Waals surface area contributed by atoms with Crippen LogP contribution in [0.5, 0.6) is 0 Å². The predicted molar refractivity (Wildman–Crippen MR) is 62.5 cm³/mol. The first-order valence-corrected chi connectivity index (χ1v) is 6.16. The Hall–Kier alpha value is -1.08.